The second kappa shape index (κ2) is 7.21. The van der Waals surface area contributed by atoms with Crippen molar-refractivity contribution in [2.24, 2.45) is 0 Å². The predicted molar refractivity (Wildman–Crippen MR) is 85.9 cm³/mol. The Hall–Kier alpha value is -2.44. The van der Waals surface area contributed by atoms with Crippen LogP contribution in [0.4, 0.5) is 5.82 Å². The van der Waals surface area contributed by atoms with Crippen LogP contribution in [-0.2, 0) is 6.42 Å². The van der Waals surface area contributed by atoms with Crippen molar-refractivity contribution in [2.75, 3.05) is 25.1 Å². The molecule has 0 amide bonds. The summed E-state index contributed by atoms with van der Waals surface area (Å²) in [4.78, 5) is 19.2. The summed E-state index contributed by atoms with van der Waals surface area (Å²) in [5.74, 6) is 1.58. The SMILES string of the molecule is CCc1cc(N2CCCC(Oc3ncc(OC)cn3)C2)ncn1. The average molecular weight is 315 g/mol. The molecular formula is C16H21N5O2. The Bertz CT molecular complexity index is 635. The normalized spacial score (nSPS) is 17.8. The molecule has 122 valence electrons. The van der Waals surface area contributed by atoms with E-state index in [0.717, 1.165) is 43.9 Å². The van der Waals surface area contributed by atoms with Crippen LogP contribution in [0.2, 0.25) is 0 Å². The third-order valence-corrected chi connectivity index (χ3v) is 3.89. The first-order chi connectivity index (χ1) is 11.3. The molecule has 0 radical (unpaired) electrons. The maximum Gasteiger partial charge on any atom is 0.316 e. The van der Waals surface area contributed by atoms with Crippen molar-refractivity contribution in [3.05, 3.63) is 30.5 Å². The van der Waals surface area contributed by atoms with E-state index in [9.17, 15) is 0 Å². The van der Waals surface area contributed by atoms with Crippen molar-refractivity contribution in [1.82, 2.24) is 19.9 Å². The number of hydrogen-bond acceptors (Lipinski definition) is 7. The second-order valence-electron chi connectivity index (χ2n) is 5.45. The van der Waals surface area contributed by atoms with Gasteiger partial charge in [-0.2, -0.15) is 9.97 Å². The minimum Gasteiger partial charge on any atom is -0.494 e. The Morgan fingerprint density at radius 1 is 1.22 bits per heavy atom. The molecule has 7 heteroatoms. The van der Waals surface area contributed by atoms with Gasteiger partial charge in [0.1, 0.15) is 18.2 Å². The Morgan fingerprint density at radius 2 is 2.04 bits per heavy atom. The number of anilines is 1. The lowest BCUT2D eigenvalue weighted by Crippen LogP contribution is -2.41. The Balaban J connectivity index is 1.65. The maximum absolute atomic E-state index is 5.90. The highest BCUT2D eigenvalue weighted by Gasteiger charge is 2.23. The number of methoxy groups -OCH3 is 1. The lowest BCUT2D eigenvalue weighted by molar-refractivity contribution is 0.163. The highest BCUT2D eigenvalue weighted by atomic mass is 16.5. The minimum absolute atomic E-state index is 0.0530. The van der Waals surface area contributed by atoms with Gasteiger partial charge in [0.2, 0.25) is 0 Å². The van der Waals surface area contributed by atoms with Crippen LogP contribution < -0.4 is 14.4 Å². The van der Waals surface area contributed by atoms with Crippen molar-refractivity contribution in [1.29, 1.82) is 0 Å². The van der Waals surface area contributed by atoms with Crippen molar-refractivity contribution >= 4 is 5.82 Å². The van der Waals surface area contributed by atoms with E-state index in [1.807, 2.05) is 6.07 Å². The van der Waals surface area contributed by atoms with Gasteiger partial charge in [-0.15, -0.1) is 0 Å². The van der Waals surface area contributed by atoms with Crippen LogP contribution in [0.5, 0.6) is 11.8 Å². The number of rotatable bonds is 5. The lowest BCUT2D eigenvalue weighted by atomic mass is 10.1. The number of aromatic nitrogens is 4. The molecule has 0 N–H and O–H groups in total. The van der Waals surface area contributed by atoms with Gasteiger partial charge in [-0.05, 0) is 19.3 Å². The summed E-state index contributed by atoms with van der Waals surface area (Å²) in [5.41, 5.74) is 1.05. The molecule has 3 rings (SSSR count). The average Bonchev–Trinajstić information content (AvgIpc) is 2.63. The van der Waals surface area contributed by atoms with Gasteiger partial charge >= 0.3 is 6.01 Å². The molecule has 1 aliphatic rings. The predicted octanol–water partition coefficient (Wildman–Crippen LogP) is 1.89. The van der Waals surface area contributed by atoms with E-state index in [0.29, 0.717) is 11.8 Å². The number of hydrogen-bond donors (Lipinski definition) is 0. The van der Waals surface area contributed by atoms with Gasteiger partial charge in [0.25, 0.3) is 0 Å². The zero-order chi connectivity index (χ0) is 16.1. The van der Waals surface area contributed by atoms with Crippen molar-refractivity contribution in [3.63, 3.8) is 0 Å². The van der Waals surface area contributed by atoms with Crippen molar-refractivity contribution in [3.8, 4) is 11.8 Å². The summed E-state index contributed by atoms with van der Waals surface area (Å²) in [6.45, 7) is 3.84. The number of ether oxygens (including phenoxy) is 2. The summed E-state index contributed by atoms with van der Waals surface area (Å²) >= 11 is 0. The topological polar surface area (TPSA) is 73.3 Å². The van der Waals surface area contributed by atoms with E-state index < -0.39 is 0 Å². The fourth-order valence-electron chi connectivity index (χ4n) is 2.61. The summed E-state index contributed by atoms with van der Waals surface area (Å²) in [7, 11) is 1.59. The maximum atomic E-state index is 5.90. The summed E-state index contributed by atoms with van der Waals surface area (Å²) in [6, 6.07) is 2.43. The zero-order valence-corrected chi connectivity index (χ0v) is 13.5. The van der Waals surface area contributed by atoms with Gasteiger partial charge in [0.15, 0.2) is 5.75 Å². The number of aryl methyl sites for hydroxylation is 1. The molecule has 1 aliphatic heterocycles. The largest absolute Gasteiger partial charge is 0.494 e. The number of piperidine rings is 1. The molecule has 1 saturated heterocycles. The molecular weight excluding hydrogens is 294 g/mol. The van der Waals surface area contributed by atoms with Crippen LogP contribution in [0.15, 0.2) is 24.8 Å². The van der Waals surface area contributed by atoms with Crippen LogP contribution in [-0.4, -0.2) is 46.2 Å². The molecule has 7 nitrogen and oxygen atoms in total. The standard InChI is InChI=1S/C16H21N5O2/c1-3-12-7-15(20-11-19-12)21-6-4-5-13(10-21)23-16-17-8-14(22-2)9-18-16/h7-9,11,13H,3-6,10H2,1-2H3. The highest BCUT2D eigenvalue weighted by Crippen LogP contribution is 2.21. The zero-order valence-electron chi connectivity index (χ0n) is 13.5. The van der Waals surface area contributed by atoms with E-state index in [1.54, 1.807) is 25.8 Å². The minimum atomic E-state index is 0.0530. The Kier molecular flexibility index (Phi) is 4.85. The second-order valence-corrected chi connectivity index (χ2v) is 5.45. The van der Waals surface area contributed by atoms with Gasteiger partial charge in [0.05, 0.1) is 26.0 Å². The number of nitrogens with zero attached hydrogens (tertiary/aromatic N) is 5. The van der Waals surface area contributed by atoms with E-state index in [1.165, 1.54) is 0 Å². The van der Waals surface area contributed by atoms with Gasteiger partial charge in [-0.25, -0.2) is 9.97 Å². The molecule has 1 unspecified atom stereocenters. The monoisotopic (exact) mass is 315 g/mol. The van der Waals surface area contributed by atoms with Crippen molar-refractivity contribution < 1.29 is 9.47 Å². The molecule has 0 spiro atoms. The van der Waals surface area contributed by atoms with Crippen molar-refractivity contribution in [2.45, 2.75) is 32.3 Å². The molecule has 1 fully saturated rings. The molecule has 2 aromatic heterocycles. The quantitative estimate of drug-likeness (QED) is 0.834. The van der Waals surface area contributed by atoms with E-state index in [4.69, 9.17) is 9.47 Å². The van der Waals surface area contributed by atoms with E-state index >= 15 is 0 Å². The third-order valence-electron chi connectivity index (χ3n) is 3.89. The molecule has 3 heterocycles. The molecule has 0 aromatic carbocycles. The first kappa shape index (κ1) is 15.5. The molecule has 1 atom stereocenters. The van der Waals surface area contributed by atoms with E-state index in [2.05, 4.69) is 31.8 Å². The lowest BCUT2D eigenvalue weighted by Gasteiger charge is -2.33. The fraction of sp³-hybridized carbons (Fsp3) is 0.500. The van der Waals surface area contributed by atoms with Crippen LogP contribution in [0.3, 0.4) is 0 Å². The first-order valence-electron chi connectivity index (χ1n) is 7.87. The molecule has 0 bridgehead atoms. The molecule has 0 saturated carbocycles. The highest BCUT2D eigenvalue weighted by molar-refractivity contribution is 5.39. The molecule has 2 aromatic rings. The van der Waals surface area contributed by atoms with Gasteiger partial charge < -0.3 is 14.4 Å². The van der Waals surface area contributed by atoms with Gasteiger partial charge in [-0.3, -0.25) is 0 Å². The first-order valence-corrected chi connectivity index (χ1v) is 7.87. The fourth-order valence-corrected chi connectivity index (χ4v) is 2.61. The van der Waals surface area contributed by atoms with Crippen LogP contribution >= 0.6 is 0 Å². The van der Waals surface area contributed by atoms with E-state index in [-0.39, 0.29) is 6.10 Å². The smallest absolute Gasteiger partial charge is 0.316 e. The van der Waals surface area contributed by atoms with Crippen LogP contribution in [0.1, 0.15) is 25.5 Å². The van der Waals surface area contributed by atoms with Crippen LogP contribution in [0.25, 0.3) is 0 Å². The molecule has 23 heavy (non-hydrogen) atoms. The summed E-state index contributed by atoms with van der Waals surface area (Å²) in [6.07, 6.45) is 7.84. The van der Waals surface area contributed by atoms with Gasteiger partial charge in [0, 0.05) is 18.3 Å². The van der Waals surface area contributed by atoms with Crippen LogP contribution in [0, 0.1) is 0 Å². The molecule has 0 aliphatic carbocycles. The Labute approximate surface area is 135 Å². The summed E-state index contributed by atoms with van der Waals surface area (Å²) < 4.78 is 11.0. The Morgan fingerprint density at radius 3 is 2.78 bits per heavy atom. The van der Waals surface area contributed by atoms with Gasteiger partial charge in [-0.1, -0.05) is 6.92 Å². The summed E-state index contributed by atoms with van der Waals surface area (Å²) in [5, 5.41) is 0. The third kappa shape index (κ3) is 3.85.